The maximum absolute atomic E-state index is 13.2. The van der Waals surface area contributed by atoms with Crippen molar-refractivity contribution in [3.63, 3.8) is 0 Å². The molecular weight excluding hydrogens is 815 g/mol. The highest BCUT2D eigenvalue weighted by atomic mass is 16.5. The van der Waals surface area contributed by atoms with E-state index in [-0.39, 0.29) is 24.9 Å². The molecule has 0 aromatic heterocycles. The fourth-order valence-electron chi connectivity index (χ4n) is 7.61. The largest absolute Gasteiger partial charge is 0.461 e. The minimum atomic E-state index is -0.826. The summed E-state index contributed by atoms with van der Waals surface area (Å²) in [5.41, 5.74) is 0. The van der Waals surface area contributed by atoms with Crippen LogP contribution in [0.3, 0.4) is 0 Å². The number of rotatable bonds is 47. The van der Waals surface area contributed by atoms with Gasteiger partial charge < -0.3 is 20.3 Å². The Hall–Kier alpha value is -3.48. The molecule has 0 bridgehead atoms. The number of esters is 1. The molecule has 0 saturated carbocycles. The lowest BCUT2D eigenvalue weighted by Gasteiger charge is -2.24. The number of hydrogen-bond donors (Lipinski definition) is 3. The van der Waals surface area contributed by atoms with Crippen LogP contribution in [0, 0.1) is 0 Å². The van der Waals surface area contributed by atoms with E-state index >= 15 is 0 Å². The number of allylic oxidation sites excluding steroid dienone is 17. The van der Waals surface area contributed by atoms with Crippen LogP contribution in [0.4, 0.5) is 0 Å². The Labute approximate surface area is 407 Å². The van der Waals surface area contributed by atoms with Crippen LogP contribution in [-0.2, 0) is 14.3 Å². The molecule has 0 aliphatic heterocycles. The lowest BCUT2D eigenvalue weighted by molar-refractivity contribution is -0.150. The summed E-state index contributed by atoms with van der Waals surface area (Å²) in [5.74, 6) is -0.633. The smallest absolute Gasteiger partial charge is 0.306 e. The van der Waals surface area contributed by atoms with Gasteiger partial charge in [-0.2, -0.15) is 0 Å². The third kappa shape index (κ3) is 47.0. The first-order valence-corrected chi connectivity index (χ1v) is 27.2. The van der Waals surface area contributed by atoms with Crippen molar-refractivity contribution in [3.8, 4) is 0 Å². The number of carbonyl (C=O) groups excluding carboxylic acids is 2. The quantitative estimate of drug-likeness (QED) is 0.0245. The van der Waals surface area contributed by atoms with E-state index in [0.717, 1.165) is 77.0 Å². The SMILES string of the molecule is CC/C=C/C=C/C=C\C=C/C=C/CCCCCC(=O)OC(C/C=C\C/C=C\C/C=C\C/C=C\CCCCC)CC(=O)NC(CO)C(O)CCCCCCCCCCCCCCCCCCC. The van der Waals surface area contributed by atoms with Crippen LogP contribution >= 0.6 is 0 Å². The van der Waals surface area contributed by atoms with Crippen LogP contribution in [0.2, 0.25) is 0 Å². The van der Waals surface area contributed by atoms with Crippen molar-refractivity contribution in [2.75, 3.05) is 6.61 Å². The zero-order valence-electron chi connectivity index (χ0n) is 42.8. The first-order valence-electron chi connectivity index (χ1n) is 27.2. The van der Waals surface area contributed by atoms with Gasteiger partial charge in [0.2, 0.25) is 5.91 Å². The summed E-state index contributed by atoms with van der Waals surface area (Å²) in [4.78, 5) is 26.2. The van der Waals surface area contributed by atoms with E-state index in [1.807, 2.05) is 60.8 Å². The van der Waals surface area contributed by atoms with Gasteiger partial charge in [0.1, 0.15) is 6.10 Å². The summed E-state index contributed by atoms with van der Waals surface area (Å²) in [6.07, 6.45) is 71.6. The number of carbonyl (C=O) groups is 2. The van der Waals surface area contributed by atoms with Crippen molar-refractivity contribution >= 4 is 11.9 Å². The number of hydrogen-bond acceptors (Lipinski definition) is 5. The second kappa shape index (κ2) is 52.5. The van der Waals surface area contributed by atoms with E-state index in [4.69, 9.17) is 4.74 Å². The molecule has 66 heavy (non-hydrogen) atoms. The van der Waals surface area contributed by atoms with E-state index in [2.05, 4.69) is 74.7 Å². The summed E-state index contributed by atoms with van der Waals surface area (Å²) in [6, 6.07) is -0.748. The van der Waals surface area contributed by atoms with Crippen LogP contribution in [0.15, 0.2) is 109 Å². The Morgan fingerprint density at radius 3 is 1.44 bits per heavy atom. The number of aliphatic hydroxyl groups excluding tert-OH is 2. The van der Waals surface area contributed by atoms with Crippen molar-refractivity contribution in [2.24, 2.45) is 0 Å². The highest BCUT2D eigenvalue weighted by Gasteiger charge is 2.23. The van der Waals surface area contributed by atoms with Gasteiger partial charge in [-0.3, -0.25) is 9.59 Å². The highest BCUT2D eigenvalue weighted by molar-refractivity contribution is 5.77. The predicted molar refractivity (Wildman–Crippen MR) is 287 cm³/mol. The van der Waals surface area contributed by atoms with Crippen molar-refractivity contribution in [1.29, 1.82) is 0 Å². The van der Waals surface area contributed by atoms with Crippen LogP contribution in [-0.4, -0.2) is 46.9 Å². The molecule has 0 aromatic carbocycles. The molecule has 0 aromatic rings. The second-order valence-corrected chi connectivity index (χ2v) is 18.0. The van der Waals surface area contributed by atoms with Gasteiger partial charge in [0.15, 0.2) is 0 Å². The van der Waals surface area contributed by atoms with E-state index < -0.39 is 18.2 Å². The summed E-state index contributed by atoms with van der Waals surface area (Å²) < 4.78 is 5.86. The molecule has 0 radical (unpaired) electrons. The molecule has 0 aliphatic carbocycles. The Balaban J connectivity index is 4.74. The maximum Gasteiger partial charge on any atom is 0.306 e. The molecule has 3 unspecified atom stereocenters. The number of nitrogens with one attached hydrogen (secondary N) is 1. The fraction of sp³-hybridized carbons (Fsp3) is 0.667. The summed E-state index contributed by atoms with van der Waals surface area (Å²) in [7, 11) is 0. The topological polar surface area (TPSA) is 95.9 Å². The van der Waals surface area contributed by atoms with E-state index in [0.29, 0.717) is 19.3 Å². The van der Waals surface area contributed by atoms with E-state index in [1.165, 1.54) is 109 Å². The molecule has 376 valence electrons. The highest BCUT2D eigenvalue weighted by Crippen LogP contribution is 2.16. The van der Waals surface area contributed by atoms with Crippen molar-refractivity contribution in [3.05, 3.63) is 109 Å². The van der Waals surface area contributed by atoms with Gasteiger partial charge in [-0.15, -0.1) is 0 Å². The van der Waals surface area contributed by atoms with Crippen LogP contribution < -0.4 is 5.32 Å². The van der Waals surface area contributed by atoms with Gasteiger partial charge in [0.05, 0.1) is 25.2 Å². The molecule has 0 saturated heterocycles. The molecule has 0 rings (SSSR count). The number of amides is 1. The van der Waals surface area contributed by atoms with Gasteiger partial charge >= 0.3 is 5.97 Å². The Kier molecular flexibility index (Phi) is 49.7. The molecule has 0 heterocycles. The van der Waals surface area contributed by atoms with Crippen LogP contribution in [0.5, 0.6) is 0 Å². The zero-order chi connectivity index (χ0) is 48.1. The Morgan fingerprint density at radius 2 is 0.909 bits per heavy atom. The third-order valence-corrected chi connectivity index (χ3v) is 11.7. The Morgan fingerprint density at radius 1 is 0.485 bits per heavy atom. The predicted octanol–water partition coefficient (Wildman–Crippen LogP) is 16.7. The normalized spacial score (nSPS) is 14.1. The molecule has 6 heteroatoms. The average molecular weight is 916 g/mol. The molecule has 0 spiro atoms. The van der Waals surface area contributed by atoms with Gasteiger partial charge in [-0.1, -0.05) is 259 Å². The monoisotopic (exact) mass is 916 g/mol. The Bertz CT molecular complexity index is 1350. The van der Waals surface area contributed by atoms with Gasteiger partial charge in [-0.05, 0) is 64.2 Å². The molecule has 3 N–H and O–H groups in total. The minimum Gasteiger partial charge on any atom is -0.461 e. The fourth-order valence-corrected chi connectivity index (χ4v) is 7.61. The molecule has 6 nitrogen and oxygen atoms in total. The first kappa shape index (κ1) is 62.5. The van der Waals surface area contributed by atoms with E-state index in [9.17, 15) is 19.8 Å². The van der Waals surface area contributed by atoms with Gasteiger partial charge in [0.25, 0.3) is 0 Å². The van der Waals surface area contributed by atoms with Crippen LogP contribution in [0.1, 0.15) is 233 Å². The number of unbranched alkanes of at least 4 members (excludes halogenated alkanes) is 22. The standard InChI is InChI=1S/C60H101NO5/c1-4-7-10-13-16-19-22-25-28-29-32-34-37-40-43-46-49-52-58(63)57(55-62)61-59(64)54-56(51-48-45-42-39-36-33-30-26-23-20-17-14-11-8-5-2)66-60(65)53-50-47-44-41-38-35-31-27-24-21-18-15-12-9-6-3/h9,12,15,17-18,20-21,24,26-27,30-31,35-36,38-39,45,48,56-58,62-63H,4-8,10-11,13-14,16,19,22-23,25,28-29,32-34,37,40-44,46-47,49-55H2,1-3H3,(H,61,64)/b12-9+,18-15+,20-17-,24-21-,30-26-,31-27-,38-35+,39-36-,48-45-. The van der Waals surface area contributed by atoms with Gasteiger partial charge in [-0.25, -0.2) is 0 Å². The second-order valence-electron chi connectivity index (χ2n) is 18.0. The third-order valence-electron chi connectivity index (χ3n) is 11.7. The maximum atomic E-state index is 13.2. The van der Waals surface area contributed by atoms with Gasteiger partial charge in [0, 0.05) is 12.8 Å². The molecular formula is C60H101NO5. The zero-order valence-corrected chi connectivity index (χ0v) is 42.8. The number of ether oxygens (including phenoxy) is 1. The minimum absolute atomic E-state index is 0.0220. The average Bonchev–Trinajstić information content (AvgIpc) is 3.31. The summed E-state index contributed by atoms with van der Waals surface area (Å²) in [5, 5.41) is 23.8. The number of aliphatic hydroxyl groups is 2. The van der Waals surface area contributed by atoms with Crippen molar-refractivity contribution in [2.45, 2.75) is 251 Å². The van der Waals surface area contributed by atoms with E-state index in [1.54, 1.807) is 0 Å². The molecule has 1 amide bonds. The lowest BCUT2D eigenvalue weighted by Crippen LogP contribution is -2.46. The van der Waals surface area contributed by atoms with Crippen molar-refractivity contribution in [1.82, 2.24) is 5.32 Å². The first-order chi connectivity index (χ1) is 32.5. The molecule has 0 aliphatic rings. The van der Waals surface area contributed by atoms with Crippen molar-refractivity contribution < 1.29 is 24.5 Å². The lowest BCUT2D eigenvalue weighted by atomic mass is 10.0. The van der Waals surface area contributed by atoms with Crippen LogP contribution in [0.25, 0.3) is 0 Å². The summed E-state index contributed by atoms with van der Waals surface area (Å²) in [6.45, 7) is 6.28. The molecule has 0 fully saturated rings. The summed E-state index contributed by atoms with van der Waals surface area (Å²) >= 11 is 0. The molecule has 3 atom stereocenters.